The fraction of sp³-hybridized carbons (Fsp3) is 0.233. The number of amides is 1. The van der Waals surface area contributed by atoms with E-state index in [-0.39, 0.29) is 23.9 Å². The zero-order chi connectivity index (χ0) is 24.3. The number of rotatable bonds is 8. The number of carbonyl (C=O) groups excluding carboxylic acids is 1. The Morgan fingerprint density at radius 1 is 1.00 bits per heavy atom. The van der Waals surface area contributed by atoms with E-state index in [0.29, 0.717) is 5.25 Å². The van der Waals surface area contributed by atoms with E-state index < -0.39 is 6.09 Å². The van der Waals surface area contributed by atoms with Gasteiger partial charge in [-0.1, -0.05) is 115 Å². The number of ether oxygens (including phenoxy) is 1. The summed E-state index contributed by atoms with van der Waals surface area (Å²) in [5.41, 5.74) is 3.79. The molecule has 0 spiro atoms. The minimum Gasteiger partial charge on any atom is -0.445 e. The van der Waals surface area contributed by atoms with Crippen LogP contribution < -0.4 is 10.6 Å². The summed E-state index contributed by atoms with van der Waals surface area (Å²) in [6.45, 7) is 4.84. The molecule has 0 aromatic heterocycles. The standard InChI is InChI=1S/C30H30N2O2S/c1-2-21-34-29(33)31-20-12-19-27-22-28(23-32-27)35-30(24-13-6-3-7-14-24,25-15-8-4-9-16-25)26-17-10-5-11-18-26/h2-11,13-18,27-28,32H,1,20-23H2,(H,31,33)/t27-,28+/m1/s1. The van der Waals surface area contributed by atoms with Gasteiger partial charge in [-0.2, -0.15) is 0 Å². The van der Waals surface area contributed by atoms with Gasteiger partial charge in [0.15, 0.2) is 0 Å². The molecule has 2 atom stereocenters. The molecule has 4 nitrogen and oxygen atoms in total. The monoisotopic (exact) mass is 482 g/mol. The average Bonchev–Trinajstić information content (AvgIpc) is 3.37. The van der Waals surface area contributed by atoms with E-state index in [1.54, 1.807) is 0 Å². The molecule has 2 N–H and O–H groups in total. The molecule has 5 heteroatoms. The van der Waals surface area contributed by atoms with Gasteiger partial charge >= 0.3 is 6.09 Å². The van der Waals surface area contributed by atoms with E-state index in [9.17, 15) is 4.79 Å². The Hall–Kier alpha value is -3.46. The van der Waals surface area contributed by atoms with Crippen molar-refractivity contribution in [3.8, 4) is 11.8 Å². The molecule has 3 aromatic carbocycles. The van der Waals surface area contributed by atoms with Crippen molar-refractivity contribution >= 4 is 17.9 Å². The van der Waals surface area contributed by atoms with E-state index in [1.807, 2.05) is 11.8 Å². The summed E-state index contributed by atoms with van der Waals surface area (Å²) in [6.07, 6.45) is 1.98. The molecule has 1 fully saturated rings. The highest BCUT2D eigenvalue weighted by atomic mass is 32.2. The lowest BCUT2D eigenvalue weighted by Gasteiger charge is -2.37. The molecule has 0 radical (unpaired) electrons. The van der Waals surface area contributed by atoms with Crippen molar-refractivity contribution in [2.75, 3.05) is 19.7 Å². The van der Waals surface area contributed by atoms with E-state index in [0.717, 1.165) is 13.0 Å². The minimum absolute atomic E-state index is 0.0820. The average molecular weight is 483 g/mol. The van der Waals surface area contributed by atoms with Crippen LogP contribution in [0.5, 0.6) is 0 Å². The van der Waals surface area contributed by atoms with Gasteiger partial charge in [0.2, 0.25) is 0 Å². The molecule has 1 heterocycles. The summed E-state index contributed by atoms with van der Waals surface area (Å²) in [6, 6.07) is 32.3. The Labute approximate surface area is 212 Å². The number of nitrogens with one attached hydrogen (secondary N) is 2. The first-order valence-corrected chi connectivity index (χ1v) is 12.7. The van der Waals surface area contributed by atoms with Crippen molar-refractivity contribution in [3.05, 3.63) is 120 Å². The van der Waals surface area contributed by atoms with Gasteiger partial charge in [-0.05, 0) is 23.1 Å². The molecule has 0 bridgehead atoms. The quantitative estimate of drug-likeness (QED) is 0.258. The van der Waals surface area contributed by atoms with Crippen LogP contribution in [0.4, 0.5) is 4.79 Å². The zero-order valence-electron chi connectivity index (χ0n) is 19.7. The first-order chi connectivity index (χ1) is 17.2. The highest BCUT2D eigenvalue weighted by molar-refractivity contribution is 8.01. The lowest BCUT2D eigenvalue weighted by atomic mass is 9.84. The van der Waals surface area contributed by atoms with Crippen molar-refractivity contribution in [2.45, 2.75) is 22.5 Å². The molecule has 3 aromatic rings. The Morgan fingerprint density at radius 2 is 1.54 bits per heavy atom. The Kier molecular flexibility index (Phi) is 8.67. The third-order valence-electron chi connectivity index (χ3n) is 5.90. The van der Waals surface area contributed by atoms with Crippen LogP contribution in [0.2, 0.25) is 0 Å². The molecular weight excluding hydrogens is 452 g/mol. The molecule has 1 amide bonds. The van der Waals surface area contributed by atoms with Crippen LogP contribution in [-0.2, 0) is 9.48 Å². The lowest BCUT2D eigenvalue weighted by Crippen LogP contribution is -2.29. The number of carbonyl (C=O) groups is 1. The van der Waals surface area contributed by atoms with Crippen molar-refractivity contribution in [1.29, 1.82) is 0 Å². The van der Waals surface area contributed by atoms with Gasteiger partial charge in [0, 0.05) is 11.8 Å². The fourth-order valence-electron chi connectivity index (χ4n) is 4.35. The van der Waals surface area contributed by atoms with Crippen molar-refractivity contribution in [1.82, 2.24) is 10.6 Å². The summed E-state index contributed by atoms with van der Waals surface area (Å²) in [5.74, 6) is 6.32. The maximum Gasteiger partial charge on any atom is 0.408 e. The minimum atomic E-state index is -0.481. The van der Waals surface area contributed by atoms with Crippen LogP contribution in [-0.4, -0.2) is 37.1 Å². The van der Waals surface area contributed by atoms with Gasteiger partial charge in [-0.25, -0.2) is 4.79 Å². The maximum absolute atomic E-state index is 11.5. The first-order valence-electron chi connectivity index (χ1n) is 11.8. The van der Waals surface area contributed by atoms with Crippen LogP contribution in [0.15, 0.2) is 104 Å². The molecule has 178 valence electrons. The van der Waals surface area contributed by atoms with Crippen LogP contribution in [0.1, 0.15) is 23.1 Å². The highest BCUT2D eigenvalue weighted by Gasteiger charge is 2.40. The molecule has 1 saturated heterocycles. The third kappa shape index (κ3) is 6.16. The van der Waals surface area contributed by atoms with E-state index in [2.05, 4.69) is 120 Å². The van der Waals surface area contributed by atoms with Gasteiger partial charge in [-0.15, -0.1) is 11.8 Å². The molecule has 0 unspecified atom stereocenters. The molecule has 0 aliphatic carbocycles. The SMILES string of the molecule is C=CCOC(=O)NCC#C[C@@H]1C[C@H](SC(c2ccccc2)(c2ccccc2)c2ccccc2)CN1. The van der Waals surface area contributed by atoms with E-state index in [4.69, 9.17) is 4.74 Å². The number of thioether (sulfide) groups is 1. The molecule has 1 aliphatic rings. The second-order valence-corrected chi connectivity index (χ2v) is 9.79. The van der Waals surface area contributed by atoms with E-state index >= 15 is 0 Å². The Morgan fingerprint density at radius 3 is 2.06 bits per heavy atom. The predicted molar refractivity (Wildman–Crippen MR) is 144 cm³/mol. The highest BCUT2D eigenvalue weighted by Crippen LogP contribution is 2.51. The molecule has 4 rings (SSSR count). The summed E-state index contributed by atoms with van der Waals surface area (Å²) < 4.78 is 4.57. The van der Waals surface area contributed by atoms with E-state index in [1.165, 1.54) is 22.8 Å². The van der Waals surface area contributed by atoms with Gasteiger partial charge in [0.25, 0.3) is 0 Å². The number of hydrogen-bond donors (Lipinski definition) is 2. The van der Waals surface area contributed by atoms with Crippen LogP contribution in [0, 0.1) is 11.8 Å². The summed E-state index contributed by atoms with van der Waals surface area (Å²) in [7, 11) is 0. The second-order valence-electron chi connectivity index (χ2n) is 8.28. The fourth-order valence-corrected chi connectivity index (χ4v) is 6.14. The van der Waals surface area contributed by atoms with Crippen molar-refractivity contribution in [3.63, 3.8) is 0 Å². The zero-order valence-corrected chi connectivity index (χ0v) is 20.5. The number of benzene rings is 3. The Bertz CT molecular complexity index is 1060. The maximum atomic E-state index is 11.5. The Balaban J connectivity index is 1.55. The van der Waals surface area contributed by atoms with Crippen LogP contribution in [0.25, 0.3) is 0 Å². The van der Waals surface area contributed by atoms with Gasteiger partial charge in [0.05, 0.1) is 17.3 Å². The van der Waals surface area contributed by atoms with Gasteiger partial charge < -0.3 is 15.4 Å². The summed E-state index contributed by atoms with van der Waals surface area (Å²) in [5, 5.41) is 6.56. The molecule has 0 saturated carbocycles. The van der Waals surface area contributed by atoms with Crippen LogP contribution in [0.3, 0.4) is 0 Å². The topological polar surface area (TPSA) is 50.4 Å². The van der Waals surface area contributed by atoms with Crippen LogP contribution >= 0.6 is 11.8 Å². The number of hydrogen-bond acceptors (Lipinski definition) is 4. The summed E-state index contributed by atoms with van der Waals surface area (Å²) in [4.78, 5) is 11.5. The summed E-state index contributed by atoms with van der Waals surface area (Å²) >= 11 is 1.99. The lowest BCUT2D eigenvalue weighted by molar-refractivity contribution is 0.159. The number of alkyl carbamates (subject to hydrolysis) is 1. The van der Waals surface area contributed by atoms with Crippen molar-refractivity contribution < 1.29 is 9.53 Å². The third-order valence-corrected chi connectivity index (χ3v) is 7.66. The predicted octanol–water partition coefficient (Wildman–Crippen LogP) is 5.36. The normalized spacial score (nSPS) is 17.1. The van der Waals surface area contributed by atoms with Gasteiger partial charge in [-0.3, -0.25) is 0 Å². The molecule has 35 heavy (non-hydrogen) atoms. The largest absolute Gasteiger partial charge is 0.445 e. The van der Waals surface area contributed by atoms with Gasteiger partial charge in [0.1, 0.15) is 6.61 Å². The smallest absolute Gasteiger partial charge is 0.408 e. The van der Waals surface area contributed by atoms with Crippen molar-refractivity contribution in [2.24, 2.45) is 0 Å². The molecular formula is C30H30N2O2S. The molecule has 1 aliphatic heterocycles. The second kappa shape index (κ2) is 12.3. The first kappa shape index (κ1) is 24.7.